The van der Waals surface area contributed by atoms with E-state index in [0.717, 1.165) is 24.4 Å². The molecule has 1 aliphatic rings. The van der Waals surface area contributed by atoms with Crippen molar-refractivity contribution in [3.8, 4) is 0 Å². The second kappa shape index (κ2) is 8.17. The van der Waals surface area contributed by atoms with E-state index in [0.29, 0.717) is 11.3 Å². The number of thioether (sulfide) groups is 1. The molecule has 132 valence electrons. The normalized spacial score (nSPS) is 22.0. The molecule has 0 fully saturated rings. The summed E-state index contributed by atoms with van der Waals surface area (Å²) in [4.78, 5) is 17.8. The lowest BCUT2D eigenvalue weighted by atomic mass is 9.74. The minimum Gasteiger partial charge on any atom is -0.388 e. The molecule has 0 amide bonds. The number of Topliss-reactive ketones (excluding diaryl/α,β-unsaturated/α-hetero) is 1. The van der Waals surface area contributed by atoms with Gasteiger partial charge in [-0.1, -0.05) is 51.8 Å². The van der Waals surface area contributed by atoms with Crippen LogP contribution in [0.4, 0.5) is 0 Å². The molecule has 2 atom stereocenters. The van der Waals surface area contributed by atoms with Crippen LogP contribution in [0.2, 0.25) is 0 Å². The first-order valence-electron chi connectivity index (χ1n) is 8.61. The number of imidazole rings is 1. The molecule has 2 unspecified atom stereocenters. The molecule has 5 heteroatoms. The van der Waals surface area contributed by atoms with Gasteiger partial charge in [0.25, 0.3) is 0 Å². The number of allylic oxidation sites excluding steroid dienone is 3. The Morgan fingerprint density at radius 2 is 2.29 bits per heavy atom. The minimum absolute atomic E-state index is 0.0231. The molecule has 1 heterocycles. The number of nitrogens with zero attached hydrogens (tertiary/aromatic N) is 2. The van der Waals surface area contributed by atoms with Crippen molar-refractivity contribution in [1.29, 1.82) is 0 Å². The van der Waals surface area contributed by atoms with E-state index < -0.39 is 6.10 Å². The number of carbonyl (C=O) groups is 1. The van der Waals surface area contributed by atoms with E-state index >= 15 is 0 Å². The fraction of sp³-hybridized carbons (Fsp3) is 0.579. The second-order valence-corrected chi connectivity index (χ2v) is 8.16. The van der Waals surface area contributed by atoms with Gasteiger partial charge in [-0.3, -0.25) is 4.79 Å². The number of aromatic nitrogens is 2. The summed E-state index contributed by atoms with van der Waals surface area (Å²) in [5.41, 5.74) is -0.121. The molecule has 24 heavy (non-hydrogen) atoms. The largest absolute Gasteiger partial charge is 0.388 e. The van der Waals surface area contributed by atoms with Gasteiger partial charge in [0, 0.05) is 19.4 Å². The van der Waals surface area contributed by atoms with Gasteiger partial charge in [-0.25, -0.2) is 4.98 Å². The molecule has 1 aromatic heterocycles. The first kappa shape index (κ1) is 19.0. The lowest BCUT2D eigenvalue weighted by Crippen LogP contribution is -2.35. The van der Waals surface area contributed by atoms with Gasteiger partial charge >= 0.3 is 0 Å². The number of hydrogen-bond donors (Lipinski definition) is 1. The highest BCUT2D eigenvalue weighted by Crippen LogP contribution is 2.42. The fourth-order valence-corrected chi connectivity index (χ4v) is 4.07. The molecule has 2 rings (SSSR count). The van der Waals surface area contributed by atoms with Crippen LogP contribution in [0.25, 0.3) is 0 Å². The molecule has 0 spiro atoms. The Morgan fingerprint density at radius 1 is 1.54 bits per heavy atom. The number of rotatable bonds is 7. The standard InChI is InChI=1S/C19H28N2O2S/c1-5-6-7-8-9-15(22)14-12-19(2,3)13-16(17(14)23)24-18-20-10-11-21(18)4/h8-11,13-15,22H,5-7,12H2,1-4H3. The summed E-state index contributed by atoms with van der Waals surface area (Å²) in [6, 6.07) is 0. The highest BCUT2D eigenvalue weighted by Gasteiger charge is 2.38. The summed E-state index contributed by atoms with van der Waals surface area (Å²) in [7, 11) is 1.91. The van der Waals surface area contributed by atoms with Crippen molar-refractivity contribution < 1.29 is 9.90 Å². The zero-order valence-electron chi connectivity index (χ0n) is 15.0. The van der Waals surface area contributed by atoms with E-state index in [1.54, 1.807) is 12.3 Å². The van der Waals surface area contributed by atoms with E-state index in [2.05, 4.69) is 25.8 Å². The third-order valence-electron chi connectivity index (χ3n) is 4.30. The maximum absolute atomic E-state index is 12.9. The van der Waals surface area contributed by atoms with E-state index in [1.165, 1.54) is 11.8 Å². The van der Waals surface area contributed by atoms with Crippen LogP contribution >= 0.6 is 11.8 Å². The monoisotopic (exact) mass is 348 g/mol. The van der Waals surface area contributed by atoms with Gasteiger partial charge in [0.15, 0.2) is 10.9 Å². The molecule has 0 radical (unpaired) electrons. The van der Waals surface area contributed by atoms with Crippen LogP contribution in [0.3, 0.4) is 0 Å². The number of aliphatic hydroxyl groups excluding tert-OH is 1. The Bertz CT molecular complexity index is 631. The second-order valence-electron chi connectivity index (χ2n) is 7.16. The number of hydrogen-bond acceptors (Lipinski definition) is 4. The number of aliphatic hydroxyl groups is 1. The first-order chi connectivity index (χ1) is 11.3. The van der Waals surface area contributed by atoms with E-state index in [9.17, 15) is 9.90 Å². The van der Waals surface area contributed by atoms with Crippen molar-refractivity contribution in [3.63, 3.8) is 0 Å². The third-order valence-corrected chi connectivity index (χ3v) is 5.41. The zero-order chi connectivity index (χ0) is 17.7. The van der Waals surface area contributed by atoms with E-state index in [1.807, 2.05) is 30.0 Å². The van der Waals surface area contributed by atoms with E-state index in [4.69, 9.17) is 0 Å². The third kappa shape index (κ3) is 4.84. The Morgan fingerprint density at radius 3 is 2.92 bits per heavy atom. The molecule has 1 N–H and O–H groups in total. The SMILES string of the molecule is CCCCC=CC(O)C1CC(C)(C)C=C(Sc2nccn2C)C1=O. The van der Waals surface area contributed by atoms with E-state index in [-0.39, 0.29) is 17.1 Å². The Kier molecular flexibility index (Phi) is 6.47. The number of unbranched alkanes of at least 4 members (excludes halogenated alkanes) is 2. The maximum Gasteiger partial charge on any atom is 0.175 e. The summed E-state index contributed by atoms with van der Waals surface area (Å²) < 4.78 is 1.90. The maximum atomic E-state index is 12.9. The molecule has 0 saturated carbocycles. The summed E-state index contributed by atoms with van der Waals surface area (Å²) in [6.45, 7) is 6.36. The van der Waals surface area contributed by atoms with Crippen molar-refractivity contribution in [2.75, 3.05) is 0 Å². The van der Waals surface area contributed by atoms with Crippen molar-refractivity contribution in [2.45, 2.75) is 57.7 Å². The van der Waals surface area contributed by atoms with Gasteiger partial charge in [-0.2, -0.15) is 0 Å². The van der Waals surface area contributed by atoms with Gasteiger partial charge in [0.05, 0.1) is 16.9 Å². The van der Waals surface area contributed by atoms with Crippen molar-refractivity contribution in [1.82, 2.24) is 9.55 Å². The van der Waals surface area contributed by atoms with Gasteiger partial charge < -0.3 is 9.67 Å². The van der Waals surface area contributed by atoms with Gasteiger partial charge in [0.2, 0.25) is 0 Å². The summed E-state index contributed by atoms with van der Waals surface area (Å²) >= 11 is 1.39. The lowest BCUT2D eigenvalue weighted by Gasteiger charge is -2.34. The van der Waals surface area contributed by atoms with Crippen LogP contribution in [-0.2, 0) is 11.8 Å². The van der Waals surface area contributed by atoms with Crippen LogP contribution in [-0.4, -0.2) is 26.5 Å². The number of carbonyl (C=O) groups excluding carboxylic acids is 1. The molecule has 1 aromatic rings. The average molecular weight is 349 g/mol. The predicted molar refractivity (Wildman–Crippen MR) is 98.7 cm³/mol. The Balaban J connectivity index is 2.15. The minimum atomic E-state index is -0.723. The lowest BCUT2D eigenvalue weighted by molar-refractivity contribution is -0.122. The van der Waals surface area contributed by atoms with Crippen LogP contribution in [0, 0.1) is 11.3 Å². The first-order valence-corrected chi connectivity index (χ1v) is 9.42. The van der Waals surface area contributed by atoms with Crippen LogP contribution in [0.15, 0.2) is 40.7 Å². The molecule has 4 nitrogen and oxygen atoms in total. The van der Waals surface area contributed by atoms with Crippen molar-refractivity contribution in [3.05, 3.63) is 35.5 Å². The smallest absolute Gasteiger partial charge is 0.175 e. The highest BCUT2D eigenvalue weighted by atomic mass is 32.2. The molecule has 0 saturated heterocycles. The molecular weight excluding hydrogens is 320 g/mol. The fourth-order valence-electron chi connectivity index (χ4n) is 2.92. The Hall–Kier alpha value is -1.33. The number of ketones is 1. The van der Waals surface area contributed by atoms with Gasteiger partial charge in [-0.15, -0.1) is 0 Å². The van der Waals surface area contributed by atoms with Crippen molar-refractivity contribution >= 4 is 17.5 Å². The summed E-state index contributed by atoms with van der Waals surface area (Å²) in [5.74, 6) is -0.361. The molecule has 0 bridgehead atoms. The molecule has 1 aliphatic carbocycles. The van der Waals surface area contributed by atoms with Crippen LogP contribution in [0.1, 0.15) is 46.5 Å². The highest BCUT2D eigenvalue weighted by molar-refractivity contribution is 8.03. The van der Waals surface area contributed by atoms with Crippen LogP contribution < -0.4 is 0 Å². The molecule has 0 aromatic carbocycles. The number of aryl methyl sites for hydroxylation is 1. The Labute approximate surface area is 149 Å². The topological polar surface area (TPSA) is 55.1 Å². The van der Waals surface area contributed by atoms with Gasteiger partial charge in [-0.05, 0) is 30.0 Å². The quantitative estimate of drug-likeness (QED) is 0.595. The molecule has 0 aliphatic heterocycles. The average Bonchev–Trinajstić information content (AvgIpc) is 2.92. The van der Waals surface area contributed by atoms with Gasteiger partial charge in [0.1, 0.15) is 0 Å². The summed E-state index contributed by atoms with van der Waals surface area (Å²) in [5, 5.41) is 11.3. The summed E-state index contributed by atoms with van der Waals surface area (Å²) in [6.07, 6.45) is 12.5. The van der Waals surface area contributed by atoms with Crippen LogP contribution in [0.5, 0.6) is 0 Å². The van der Waals surface area contributed by atoms with Crippen molar-refractivity contribution in [2.24, 2.45) is 18.4 Å². The molecular formula is C19H28N2O2S. The predicted octanol–water partition coefficient (Wildman–Crippen LogP) is 4.12. The zero-order valence-corrected chi connectivity index (χ0v) is 15.8.